The largest absolute Gasteiger partial charge is 0.423 e. The summed E-state index contributed by atoms with van der Waals surface area (Å²) in [7, 11) is 3.95. The Kier molecular flexibility index (Phi) is 2.90. The molecule has 4 aromatic rings. The molecule has 126 valence electrons. The highest BCUT2D eigenvalue weighted by atomic mass is 19.1. The van der Waals surface area contributed by atoms with E-state index < -0.39 is 0 Å². The summed E-state index contributed by atoms with van der Waals surface area (Å²) in [6.45, 7) is 1.79. The molecule has 0 aliphatic carbocycles. The van der Waals surface area contributed by atoms with Crippen molar-refractivity contribution in [3.05, 3.63) is 47.3 Å². The van der Waals surface area contributed by atoms with Gasteiger partial charge in [0.05, 0.1) is 11.0 Å². The average molecular weight is 337 g/mol. The fraction of sp³-hybridized carbons (Fsp3) is 0.222. The summed E-state index contributed by atoms with van der Waals surface area (Å²) in [6, 6.07) is 8.97. The van der Waals surface area contributed by atoms with Gasteiger partial charge in [0.2, 0.25) is 5.95 Å². The van der Waals surface area contributed by atoms with E-state index in [0.29, 0.717) is 17.5 Å². The molecule has 0 saturated heterocycles. The first kappa shape index (κ1) is 14.4. The van der Waals surface area contributed by atoms with Gasteiger partial charge in [-0.1, -0.05) is 6.07 Å². The highest BCUT2D eigenvalue weighted by Gasteiger charge is 2.21. The summed E-state index contributed by atoms with van der Waals surface area (Å²) in [5.41, 5.74) is 5.55. The van der Waals surface area contributed by atoms with E-state index in [9.17, 15) is 4.39 Å². The molecule has 2 aromatic carbocycles. The molecule has 0 spiro atoms. The lowest BCUT2D eigenvalue weighted by molar-refractivity contribution is 0.353. The monoisotopic (exact) mass is 337 g/mol. The zero-order chi connectivity index (χ0) is 17.1. The summed E-state index contributed by atoms with van der Waals surface area (Å²) in [4.78, 5) is 11.3. The lowest BCUT2D eigenvalue weighted by Crippen LogP contribution is -2.07. The second kappa shape index (κ2) is 5.03. The second-order valence-electron chi connectivity index (χ2n) is 6.49. The molecule has 2 aromatic heterocycles. The number of halogens is 1. The van der Waals surface area contributed by atoms with Gasteiger partial charge >= 0.3 is 6.01 Å². The molecule has 1 N–H and O–H groups in total. The normalized spacial score (nSPS) is 14.5. The molecule has 1 aliphatic heterocycles. The van der Waals surface area contributed by atoms with Gasteiger partial charge in [-0.3, -0.25) is 10.2 Å². The van der Waals surface area contributed by atoms with Crippen LogP contribution >= 0.6 is 0 Å². The van der Waals surface area contributed by atoms with Gasteiger partial charge in [0, 0.05) is 31.8 Å². The Morgan fingerprint density at radius 3 is 2.88 bits per heavy atom. The van der Waals surface area contributed by atoms with Gasteiger partial charge in [-0.25, -0.2) is 9.37 Å². The number of imidazole rings is 1. The number of aromatic nitrogens is 3. The summed E-state index contributed by atoms with van der Waals surface area (Å²) in [5.74, 6) is 0.250. The molecular formula is C18H16FN5O. The molecule has 7 heteroatoms. The lowest BCUT2D eigenvalue weighted by atomic mass is 10.1. The van der Waals surface area contributed by atoms with Crippen LogP contribution < -0.4 is 5.32 Å². The number of aryl methyl sites for hydroxylation is 1. The van der Waals surface area contributed by atoms with E-state index in [1.54, 1.807) is 6.07 Å². The molecule has 0 fully saturated rings. The average Bonchev–Trinajstić information content (AvgIpc) is 3.22. The van der Waals surface area contributed by atoms with E-state index in [1.165, 1.54) is 23.3 Å². The number of fused-ring (bicyclic) bond motifs is 4. The Bertz CT molecular complexity index is 1130. The Balaban J connectivity index is 1.57. The minimum atomic E-state index is -0.307. The van der Waals surface area contributed by atoms with E-state index in [2.05, 4.69) is 33.3 Å². The number of rotatable bonds is 2. The third kappa shape index (κ3) is 2.20. The van der Waals surface area contributed by atoms with Crippen LogP contribution in [0.4, 0.5) is 16.4 Å². The number of nitrogens with zero attached hydrogens (tertiary/aromatic N) is 4. The van der Waals surface area contributed by atoms with Gasteiger partial charge < -0.3 is 8.98 Å². The molecule has 0 unspecified atom stereocenters. The predicted molar refractivity (Wildman–Crippen MR) is 93.1 cm³/mol. The number of benzene rings is 2. The fourth-order valence-electron chi connectivity index (χ4n) is 3.47. The third-order valence-corrected chi connectivity index (χ3v) is 4.69. The summed E-state index contributed by atoms with van der Waals surface area (Å²) in [6.07, 6.45) is 0. The molecule has 6 nitrogen and oxygen atoms in total. The van der Waals surface area contributed by atoms with Crippen LogP contribution in [0.3, 0.4) is 0 Å². The number of anilines is 2. The number of hydrogen-bond acceptors (Lipinski definition) is 5. The van der Waals surface area contributed by atoms with Gasteiger partial charge in [-0.15, -0.1) is 0 Å². The van der Waals surface area contributed by atoms with Crippen molar-refractivity contribution >= 4 is 34.1 Å². The van der Waals surface area contributed by atoms with Crippen LogP contribution in [-0.4, -0.2) is 26.5 Å². The van der Waals surface area contributed by atoms with E-state index in [-0.39, 0.29) is 5.82 Å². The SMILES string of the molecule is CN1Cc2ccc3oc(Nc4nc5cc(F)ccc5n4C)nc3c2C1. The Morgan fingerprint density at radius 1 is 1.12 bits per heavy atom. The zero-order valence-electron chi connectivity index (χ0n) is 13.9. The van der Waals surface area contributed by atoms with E-state index in [4.69, 9.17) is 4.42 Å². The Morgan fingerprint density at radius 2 is 2.00 bits per heavy atom. The minimum Gasteiger partial charge on any atom is -0.423 e. The molecule has 0 saturated carbocycles. The summed E-state index contributed by atoms with van der Waals surface area (Å²) < 4.78 is 21.1. The molecule has 1 aliphatic rings. The van der Waals surface area contributed by atoms with Crippen LogP contribution in [0.2, 0.25) is 0 Å². The van der Waals surface area contributed by atoms with Crippen molar-refractivity contribution < 1.29 is 8.81 Å². The van der Waals surface area contributed by atoms with Gasteiger partial charge in [0.1, 0.15) is 11.3 Å². The quantitative estimate of drug-likeness (QED) is 0.606. The Labute approximate surface area is 142 Å². The maximum atomic E-state index is 13.4. The van der Waals surface area contributed by atoms with E-state index >= 15 is 0 Å². The van der Waals surface area contributed by atoms with Crippen LogP contribution in [0.1, 0.15) is 11.1 Å². The fourth-order valence-corrected chi connectivity index (χ4v) is 3.47. The van der Waals surface area contributed by atoms with Crippen molar-refractivity contribution in [1.29, 1.82) is 0 Å². The summed E-state index contributed by atoms with van der Waals surface area (Å²) in [5, 5.41) is 3.11. The highest BCUT2D eigenvalue weighted by Crippen LogP contribution is 2.31. The molecule has 25 heavy (non-hydrogen) atoms. The van der Waals surface area contributed by atoms with Crippen LogP contribution in [0.25, 0.3) is 22.1 Å². The molecule has 0 bridgehead atoms. The number of hydrogen-bond donors (Lipinski definition) is 1. The smallest absolute Gasteiger partial charge is 0.302 e. The van der Waals surface area contributed by atoms with Crippen molar-refractivity contribution in [2.45, 2.75) is 13.1 Å². The summed E-state index contributed by atoms with van der Waals surface area (Å²) >= 11 is 0. The molecule has 0 amide bonds. The predicted octanol–water partition coefficient (Wildman–Crippen LogP) is 3.54. The molecule has 5 rings (SSSR count). The van der Waals surface area contributed by atoms with Crippen molar-refractivity contribution in [2.24, 2.45) is 7.05 Å². The third-order valence-electron chi connectivity index (χ3n) is 4.69. The van der Waals surface area contributed by atoms with Crippen LogP contribution in [0.15, 0.2) is 34.7 Å². The maximum absolute atomic E-state index is 13.4. The van der Waals surface area contributed by atoms with Crippen LogP contribution in [-0.2, 0) is 20.1 Å². The van der Waals surface area contributed by atoms with Crippen molar-refractivity contribution in [3.8, 4) is 0 Å². The topological polar surface area (TPSA) is 59.1 Å². The number of oxazole rings is 1. The van der Waals surface area contributed by atoms with Crippen LogP contribution in [0.5, 0.6) is 0 Å². The zero-order valence-corrected chi connectivity index (χ0v) is 13.9. The molecule has 3 heterocycles. The van der Waals surface area contributed by atoms with Gasteiger partial charge in [-0.2, -0.15) is 4.98 Å². The second-order valence-corrected chi connectivity index (χ2v) is 6.49. The lowest BCUT2D eigenvalue weighted by Gasteiger charge is -2.02. The molecule has 0 radical (unpaired) electrons. The van der Waals surface area contributed by atoms with E-state index in [1.807, 2.05) is 17.7 Å². The molecule has 0 atom stereocenters. The standard InChI is InChI=1S/C18H16FN5O/c1-23-8-10-3-6-15-16(12(10)9-23)21-18(25-15)22-17-20-13-7-11(19)4-5-14(13)24(17)2/h3-7H,8-9H2,1-2H3,(H,20,21,22). The number of nitrogens with one attached hydrogen (secondary N) is 1. The maximum Gasteiger partial charge on any atom is 0.302 e. The van der Waals surface area contributed by atoms with Gasteiger partial charge in [-0.05, 0) is 30.8 Å². The van der Waals surface area contributed by atoms with Gasteiger partial charge in [0.15, 0.2) is 5.58 Å². The Hall–Kier alpha value is -2.93. The van der Waals surface area contributed by atoms with E-state index in [0.717, 1.165) is 29.7 Å². The first-order chi connectivity index (χ1) is 12.1. The van der Waals surface area contributed by atoms with Crippen LogP contribution in [0, 0.1) is 5.82 Å². The van der Waals surface area contributed by atoms with Crippen molar-refractivity contribution in [3.63, 3.8) is 0 Å². The highest BCUT2D eigenvalue weighted by molar-refractivity contribution is 5.82. The first-order valence-corrected chi connectivity index (χ1v) is 8.07. The van der Waals surface area contributed by atoms with Gasteiger partial charge in [0.25, 0.3) is 0 Å². The minimum absolute atomic E-state index is 0.307. The van der Waals surface area contributed by atoms with Crippen molar-refractivity contribution in [1.82, 2.24) is 19.4 Å². The van der Waals surface area contributed by atoms with Crippen molar-refractivity contribution in [2.75, 3.05) is 12.4 Å². The molecular weight excluding hydrogens is 321 g/mol. The first-order valence-electron chi connectivity index (χ1n) is 8.07.